The van der Waals surface area contributed by atoms with Crippen molar-refractivity contribution >= 4 is 11.9 Å². The van der Waals surface area contributed by atoms with Crippen molar-refractivity contribution < 1.29 is 14.7 Å². The number of nitrogens with one attached hydrogen (secondary N) is 1. The lowest BCUT2D eigenvalue weighted by molar-refractivity contribution is -0.138. The van der Waals surface area contributed by atoms with Crippen molar-refractivity contribution in [2.45, 2.75) is 32.9 Å². The molecule has 0 aromatic carbocycles. The van der Waals surface area contributed by atoms with Crippen LogP contribution in [0.15, 0.2) is 6.20 Å². The maximum Gasteiger partial charge on any atom is 0.325 e. The van der Waals surface area contributed by atoms with Gasteiger partial charge in [0, 0.05) is 5.92 Å². The summed E-state index contributed by atoms with van der Waals surface area (Å²) in [6.45, 7) is 2.41. The molecule has 0 saturated carbocycles. The summed E-state index contributed by atoms with van der Waals surface area (Å²) in [7, 11) is 0. The molecule has 0 saturated heterocycles. The van der Waals surface area contributed by atoms with Crippen molar-refractivity contribution in [2.75, 3.05) is 6.54 Å². The molecule has 0 bridgehead atoms. The van der Waals surface area contributed by atoms with Crippen LogP contribution in [0.25, 0.3) is 0 Å². The van der Waals surface area contributed by atoms with Crippen molar-refractivity contribution in [2.24, 2.45) is 11.7 Å². The lowest BCUT2D eigenvalue weighted by Gasteiger charge is -2.10. The van der Waals surface area contributed by atoms with Crippen LogP contribution in [0.4, 0.5) is 0 Å². The number of aromatic nitrogens is 3. The van der Waals surface area contributed by atoms with Crippen LogP contribution in [0, 0.1) is 5.92 Å². The number of amides is 1. The smallest absolute Gasteiger partial charge is 0.325 e. The second-order valence-electron chi connectivity index (χ2n) is 4.35. The first kappa shape index (κ1) is 15.1. The Morgan fingerprint density at radius 2 is 2.32 bits per heavy atom. The van der Waals surface area contributed by atoms with Gasteiger partial charge < -0.3 is 16.2 Å². The van der Waals surface area contributed by atoms with E-state index in [4.69, 9.17) is 10.8 Å². The summed E-state index contributed by atoms with van der Waals surface area (Å²) < 4.78 is 1.21. The van der Waals surface area contributed by atoms with E-state index in [1.54, 1.807) is 0 Å². The van der Waals surface area contributed by atoms with Crippen molar-refractivity contribution in [3.8, 4) is 0 Å². The number of carbonyl (C=O) groups excluding carboxylic acids is 1. The number of nitrogens with zero attached hydrogens (tertiary/aromatic N) is 3. The fourth-order valence-corrected chi connectivity index (χ4v) is 1.54. The van der Waals surface area contributed by atoms with Gasteiger partial charge in [0.1, 0.15) is 12.2 Å². The molecule has 0 radical (unpaired) electrons. The van der Waals surface area contributed by atoms with Gasteiger partial charge in [-0.1, -0.05) is 12.1 Å². The van der Waals surface area contributed by atoms with Crippen LogP contribution in [-0.2, 0) is 22.7 Å². The highest BCUT2D eigenvalue weighted by atomic mass is 16.4. The molecule has 106 valence electrons. The van der Waals surface area contributed by atoms with E-state index in [-0.39, 0.29) is 24.9 Å². The van der Waals surface area contributed by atoms with Gasteiger partial charge >= 0.3 is 5.97 Å². The van der Waals surface area contributed by atoms with Crippen LogP contribution in [0.1, 0.15) is 25.5 Å². The van der Waals surface area contributed by atoms with Crippen LogP contribution in [0.5, 0.6) is 0 Å². The van der Waals surface area contributed by atoms with E-state index in [0.717, 1.165) is 12.8 Å². The highest BCUT2D eigenvalue weighted by molar-refractivity contribution is 5.78. The molecule has 0 aliphatic rings. The normalized spacial score (nSPS) is 12.1. The molecule has 8 nitrogen and oxygen atoms in total. The number of hydrogen-bond donors (Lipinski definition) is 3. The molecule has 0 spiro atoms. The predicted octanol–water partition coefficient (Wildman–Crippen LogP) is -0.646. The van der Waals surface area contributed by atoms with E-state index in [2.05, 4.69) is 15.6 Å². The topological polar surface area (TPSA) is 123 Å². The van der Waals surface area contributed by atoms with E-state index in [9.17, 15) is 9.59 Å². The first-order chi connectivity index (χ1) is 9.02. The van der Waals surface area contributed by atoms with Crippen molar-refractivity contribution in [3.05, 3.63) is 11.9 Å². The van der Waals surface area contributed by atoms with Crippen LogP contribution >= 0.6 is 0 Å². The third kappa shape index (κ3) is 5.47. The third-order valence-electron chi connectivity index (χ3n) is 2.62. The predicted molar refractivity (Wildman–Crippen MR) is 67.0 cm³/mol. The van der Waals surface area contributed by atoms with Gasteiger partial charge in [0.2, 0.25) is 5.91 Å². The fourth-order valence-electron chi connectivity index (χ4n) is 1.54. The van der Waals surface area contributed by atoms with Crippen molar-refractivity contribution in [1.82, 2.24) is 20.3 Å². The molecule has 1 atom stereocenters. The molecule has 1 heterocycles. The third-order valence-corrected chi connectivity index (χ3v) is 2.62. The summed E-state index contributed by atoms with van der Waals surface area (Å²) in [5, 5.41) is 18.7. The lowest BCUT2D eigenvalue weighted by Crippen LogP contribution is -2.29. The Morgan fingerprint density at radius 1 is 1.58 bits per heavy atom. The highest BCUT2D eigenvalue weighted by Gasteiger charge is 2.12. The van der Waals surface area contributed by atoms with Gasteiger partial charge in [-0.25, -0.2) is 4.68 Å². The van der Waals surface area contributed by atoms with Crippen molar-refractivity contribution in [3.63, 3.8) is 0 Å². The number of rotatable bonds is 8. The first-order valence-corrected chi connectivity index (χ1v) is 6.11. The second-order valence-corrected chi connectivity index (χ2v) is 4.35. The van der Waals surface area contributed by atoms with E-state index in [1.165, 1.54) is 10.9 Å². The zero-order valence-corrected chi connectivity index (χ0v) is 10.9. The fraction of sp³-hybridized carbons (Fsp3) is 0.636. The number of nitrogens with two attached hydrogens (primary N) is 1. The zero-order chi connectivity index (χ0) is 14.3. The Kier molecular flexibility index (Phi) is 5.94. The Labute approximate surface area is 111 Å². The highest BCUT2D eigenvalue weighted by Crippen LogP contribution is 2.04. The van der Waals surface area contributed by atoms with Gasteiger partial charge in [0.25, 0.3) is 0 Å². The minimum absolute atomic E-state index is 0.0683. The molecule has 0 fully saturated rings. The zero-order valence-electron chi connectivity index (χ0n) is 10.9. The quantitative estimate of drug-likeness (QED) is 0.576. The summed E-state index contributed by atoms with van der Waals surface area (Å²) in [6, 6.07) is 0. The van der Waals surface area contributed by atoms with Gasteiger partial charge in [-0.2, -0.15) is 0 Å². The van der Waals surface area contributed by atoms with Crippen LogP contribution in [0.2, 0.25) is 0 Å². The van der Waals surface area contributed by atoms with E-state index < -0.39 is 5.97 Å². The van der Waals surface area contributed by atoms with Gasteiger partial charge in [0.15, 0.2) is 0 Å². The van der Waals surface area contributed by atoms with Gasteiger partial charge in [-0.05, 0) is 19.4 Å². The van der Waals surface area contributed by atoms with Gasteiger partial charge in [-0.3, -0.25) is 9.59 Å². The van der Waals surface area contributed by atoms with Crippen LogP contribution < -0.4 is 11.1 Å². The largest absolute Gasteiger partial charge is 0.480 e. The van der Waals surface area contributed by atoms with Crippen LogP contribution in [0.3, 0.4) is 0 Å². The first-order valence-electron chi connectivity index (χ1n) is 6.11. The van der Waals surface area contributed by atoms with E-state index in [0.29, 0.717) is 12.2 Å². The summed E-state index contributed by atoms with van der Waals surface area (Å²) in [4.78, 5) is 22.2. The SMILES string of the molecule is CC(CCCN)C(=O)NCc1cn(CC(=O)O)nn1. The molecule has 0 aliphatic carbocycles. The molecule has 1 aromatic heterocycles. The van der Waals surface area contributed by atoms with E-state index in [1.807, 2.05) is 6.92 Å². The molecule has 0 aliphatic heterocycles. The molecule has 8 heteroatoms. The Morgan fingerprint density at radius 3 is 2.95 bits per heavy atom. The van der Waals surface area contributed by atoms with Crippen LogP contribution in [-0.4, -0.2) is 38.5 Å². The Bertz CT molecular complexity index is 432. The Hall–Kier alpha value is -1.96. The molecule has 1 rings (SSSR count). The monoisotopic (exact) mass is 269 g/mol. The second kappa shape index (κ2) is 7.47. The summed E-state index contributed by atoms with van der Waals surface area (Å²) in [6.07, 6.45) is 3.05. The average Bonchev–Trinajstić information content (AvgIpc) is 2.79. The molecule has 1 unspecified atom stereocenters. The number of carboxylic acid groups (broad SMARTS) is 1. The van der Waals surface area contributed by atoms with Gasteiger partial charge in [-0.15, -0.1) is 5.10 Å². The molecular formula is C11H19N5O3. The maximum absolute atomic E-state index is 11.7. The number of carboxylic acids is 1. The molecule has 19 heavy (non-hydrogen) atoms. The standard InChI is InChI=1S/C11H19N5O3/c1-8(3-2-4-12)11(19)13-5-9-6-16(15-14-9)7-10(17)18/h6,8H,2-5,7,12H2,1H3,(H,13,19)(H,17,18). The number of carbonyl (C=O) groups is 2. The summed E-state index contributed by atoms with van der Waals surface area (Å²) in [5.41, 5.74) is 5.91. The molecular weight excluding hydrogens is 250 g/mol. The Balaban J connectivity index is 2.37. The van der Waals surface area contributed by atoms with Crippen molar-refractivity contribution in [1.29, 1.82) is 0 Å². The molecule has 1 amide bonds. The minimum atomic E-state index is -0.990. The molecule has 4 N–H and O–H groups in total. The summed E-state index contributed by atoms with van der Waals surface area (Å²) >= 11 is 0. The molecule has 1 aromatic rings. The van der Waals surface area contributed by atoms with E-state index >= 15 is 0 Å². The summed E-state index contributed by atoms with van der Waals surface area (Å²) in [5.74, 6) is -1.16. The maximum atomic E-state index is 11.7. The minimum Gasteiger partial charge on any atom is -0.480 e. The number of hydrogen-bond acceptors (Lipinski definition) is 5. The lowest BCUT2D eigenvalue weighted by atomic mass is 10.1. The van der Waals surface area contributed by atoms with Gasteiger partial charge in [0.05, 0.1) is 12.7 Å². The average molecular weight is 269 g/mol. The number of aliphatic carboxylic acids is 1.